The molecule has 0 radical (unpaired) electrons. The zero-order valence-corrected chi connectivity index (χ0v) is 14.5. The molecule has 0 atom stereocenters. The number of hydrogen-bond acceptors (Lipinski definition) is 5. The second-order valence-corrected chi connectivity index (χ2v) is 5.55. The SMILES string of the molecule is Cc1ccccc1OCC(=O)NCC(=O)NN=Cc1ccc(Br)o1. The molecule has 1 aromatic heterocycles. The Kier molecular flexibility index (Phi) is 6.56. The lowest BCUT2D eigenvalue weighted by molar-refractivity contribution is -0.127. The van der Waals surface area contributed by atoms with Crippen molar-refractivity contribution in [3.05, 3.63) is 52.4 Å². The highest BCUT2D eigenvalue weighted by Crippen LogP contribution is 2.15. The number of aryl methyl sites for hydroxylation is 1. The lowest BCUT2D eigenvalue weighted by Gasteiger charge is -2.08. The normalized spacial score (nSPS) is 10.6. The van der Waals surface area contributed by atoms with E-state index in [1.165, 1.54) is 6.21 Å². The minimum absolute atomic E-state index is 0.165. The van der Waals surface area contributed by atoms with Gasteiger partial charge in [-0.15, -0.1) is 0 Å². The molecule has 0 unspecified atom stereocenters. The number of ether oxygens (including phenoxy) is 1. The molecule has 8 heteroatoms. The van der Waals surface area contributed by atoms with Gasteiger partial charge in [-0.1, -0.05) is 18.2 Å². The van der Waals surface area contributed by atoms with E-state index in [-0.39, 0.29) is 13.2 Å². The van der Waals surface area contributed by atoms with E-state index in [1.54, 1.807) is 18.2 Å². The average Bonchev–Trinajstić information content (AvgIpc) is 2.97. The summed E-state index contributed by atoms with van der Waals surface area (Å²) in [6, 6.07) is 10.8. The third-order valence-electron chi connectivity index (χ3n) is 2.87. The van der Waals surface area contributed by atoms with Crippen molar-refractivity contribution in [3.63, 3.8) is 0 Å². The monoisotopic (exact) mass is 393 g/mol. The lowest BCUT2D eigenvalue weighted by atomic mass is 10.2. The number of carbonyl (C=O) groups excluding carboxylic acids is 2. The van der Waals surface area contributed by atoms with E-state index in [9.17, 15) is 9.59 Å². The van der Waals surface area contributed by atoms with Crippen LogP contribution >= 0.6 is 15.9 Å². The quantitative estimate of drug-likeness (QED) is 0.555. The number of carbonyl (C=O) groups is 2. The van der Waals surface area contributed by atoms with E-state index in [4.69, 9.17) is 9.15 Å². The first kappa shape index (κ1) is 17.7. The fourth-order valence-corrected chi connectivity index (χ4v) is 2.02. The molecule has 0 spiro atoms. The van der Waals surface area contributed by atoms with Gasteiger partial charge in [-0.2, -0.15) is 5.10 Å². The first-order valence-corrected chi connectivity index (χ1v) is 7.86. The molecule has 24 heavy (non-hydrogen) atoms. The Morgan fingerprint density at radius 2 is 2.04 bits per heavy atom. The number of furan rings is 1. The summed E-state index contributed by atoms with van der Waals surface area (Å²) in [7, 11) is 0. The van der Waals surface area contributed by atoms with Crippen LogP contribution in [0.15, 0.2) is 50.6 Å². The van der Waals surface area contributed by atoms with Crippen molar-refractivity contribution in [1.82, 2.24) is 10.7 Å². The number of amides is 2. The van der Waals surface area contributed by atoms with Crippen molar-refractivity contribution in [3.8, 4) is 5.75 Å². The Balaban J connectivity index is 1.66. The van der Waals surface area contributed by atoms with Crippen LogP contribution < -0.4 is 15.5 Å². The fraction of sp³-hybridized carbons (Fsp3) is 0.188. The Bertz CT molecular complexity index is 742. The molecule has 0 aliphatic heterocycles. The maximum absolute atomic E-state index is 11.7. The van der Waals surface area contributed by atoms with E-state index in [0.717, 1.165) is 5.56 Å². The van der Waals surface area contributed by atoms with Crippen LogP contribution in [0.25, 0.3) is 0 Å². The van der Waals surface area contributed by atoms with Gasteiger partial charge < -0.3 is 14.5 Å². The number of rotatable bonds is 7. The van der Waals surface area contributed by atoms with Gasteiger partial charge in [0.2, 0.25) is 0 Å². The predicted molar refractivity (Wildman–Crippen MR) is 91.8 cm³/mol. The molecular weight excluding hydrogens is 378 g/mol. The van der Waals surface area contributed by atoms with Gasteiger partial charge in [-0.3, -0.25) is 9.59 Å². The number of para-hydroxylation sites is 1. The van der Waals surface area contributed by atoms with Crippen molar-refractivity contribution in [1.29, 1.82) is 0 Å². The van der Waals surface area contributed by atoms with Gasteiger partial charge in [0.05, 0.1) is 12.8 Å². The molecule has 0 aliphatic rings. The molecule has 1 heterocycles. The standard InChI is InChI=1S/C16H16BrN3O4/c1-11-4-2-3-5-13(11)23-10-16(22)18-9-15(21)20-19-8-12-6-7-14(17)24-12/h2-8H,9-10H2,1H3,(H,18,22)(H,20,21). The van der Waals surface area contributed by atoms with Crippen molar-refractivity contribution < 1.29 is 18.7 Å². The van der Waals surface area contributed by atoms with Crippen LogP contribution in [0.3, 0.4) is 0 Å². The third kappa shape index (κ3) is 5.88. The zero-order valence-electron chi connectivity index (χ0n) is 12.9. The number of halogens is 1. The Morgan fingerprint density at radius 1 is 1.25 bits per heavy atom. The molecule has 2 aromatic rings. The summed E-state index contributed by atoms with van der Waals surface area (Å²) in [6.45, 7) is 1.52. The van der Waals surface area contributed by atoms with E-state index in [0.29, 0.717) is 16.2 Å². The maximum atomic E-state index is 11.7. The number of hydrogen-bond donors (Lipinski definition) is 2. The second-order valence-electron chi connectivity index (χ2n) is 4.77. The minimum Gasteiger partial charge on any atom is -0.484 e. The minimum atomic E-state index is -0.457. The van der Waals surface area contributed by atoms with Crippen LogP contribution in [-0.4, -0.2) is 31.2 Å². The molecule has 0 fully saturated rings. The molecule has 0 saturated heterocycles. The van der Waals surface area contributed by atoms with Crippen molar-refractivity contribution in [2.75, 3.05) is 13.2 Å². The van der Waals surface area contributed by atoms with Crippen LogP contribution in [0.5, 0.6) is 5.75 Å². The molecular formula is C16H16BrN3O4. The maximum Gasteiger partial charge on any atom is 0.259 e. The number of nitrogens with one attached hydrogen (secondary N) is 2. The summed E-state index contributed by atoms with van der Waals surface area (Å²) < 4.78 is 11.1. The van der Waals surface area contributed by atoms with E-state index < -0.39 is 11.8 Å². The van der Waals surface area contributed by atoms with Crippen molar-refractivity contribution in [2.45, 2.75) is 6.92 Å². The molecule has 0 bridgehead atoms. The van der Waals surface area contributed by atoms with Crippen LogP contribution in [0.4, 0.5) is 0 Å². The topological polar surface area (TPSA) is 92.9 Å². The summed E-state index contributed by atoms with van der Waals surface area (Å²) >= 11 is 3.15. The summed E-state index contributed by atoms with van der Waals surface area (Å²) in [6.07, 6.45) is 1.35. The van der Waals surface area contributed by atoms with E-state index >= 15 is 0 Å². The molecule has 0 saturated carbocycles. The summed E-state index contributed by atoms with van der Waals surface area (Å²) in [5.74, 6) is 0.262. The largest absolute Gasteiger partial charge is 0.484 e. The van der Waals surface area contributed by atoms with Crippen molar-refractivity contribution in [2.24, 2.45) is 5.10 Å². The predicted octanol–water partition coefficient (Wildman–Crippen LogP) is 2.00. The van der Waals surface area contributed by atoms with Gasteiger partial charge in [0.25, 0.3) is 11.8 Å². The van der Waals surface area contributed by atoms with E-state index in [2.05, 4.69) is 31.8 Å². The van der Waals surface area contributed by atoms with Crippen LogP contribution in [0.1, 0.15) is 11.3 Å². The molecule has 126 valence electrons. The molecule has 1 aromatic carbocycles. The molecule has 2 amide bonds. The first-order valence-electron chi connectivity index (χ1n) is 7.07. The van der Waals surface area contributed by atoms with Gasteiger partial charge in [0.1, 0.15) is 11.5 Å². The first-order chi connectivity index (χ1) is 11.5. The summed E-state index contributed by atoms with van der Waals surface area (Å²) in [5, 5.41) is 6.16. The number of nitrogens with zero attached hydrogens (tertiary/aromatic N) is 1. The van der Waals surface area contributed by atoms with Crippen LogP contribution in [0.2, 0.25) is 0 Å². The Morgan fingerprint density at radius 3 is 2.75 bits per heavy atom. The highest BCUT2D eigenvalue weighted by Gasteiger charge is 2.06. The van der Waals surface area contributed by atoms with Gasteiger partial charge >= 0.3 is 0 Å². The van der Waals surface area contributed by atoms with Gasteiger partial charge in [0, 0.05) is 0 Å². The Labute approximate surface area is 147 Å². The smallest absolute Gasteiger partial charge is 0.259 e. The molecule has 2 rings (SSSR count). The highest BCUT2D eigenvalue weighted by atomic mass is 79.9. The highest BCUT2D eigenvalue weighted by molar-refractivity contribution is 9.10. The number of hydrazone groups is 1. The average molecular weight is 394 g/mol. The molecule has 2 N–H and O–H groups in total. The number of benzene rings is 1. The van der Waals surface area contributed by atoms with Crippen LogP contribution in [0, 0.1) is 6.92 Å². The van der Waals surface area contributed by atoms with Gasteiger partial charge in [-0.05, 0) is 46.6 Å². The van der Waals surface area contributed by atoms with Crippen molar-refractivity contribution >= 4 is 34.0 Å². The van der Waals surface area contributed by atoms with E-state index in [1.807, 2.05) is 25.1 Å². The fourth-order valence-electron chi connectivity index (χ4n) is 1.70. The second kappa shape index (κ2) is 8.88. The van der Waals surface area contributed by atoms with Gasteiger partial charge in [0.15, 0.2) is 11.3 Å². The van der Waals surface area contributed by atoms with Gasteiger partial charge in [-0.25, -0.2) is 5.43 Å². The molecule has 0 aliphatic carbocycles. The Hall–Kier alpha value is -2.61. The van der Waals surface area contributed by atoms with Crippen LogP contribution in [-0.2, 0) is 9.59 Å². The summed E-state index contributed by atoms with van der Waals surface area (Å²) in [5.41, 5.74) is 3.21. The lowest BCUT2D eigenvalue weighted by Crippen LogP contribution is -2.37. The third-order valence-corrected chi connectivity index (χ3v) is 3.30. The molecule has 7 nitrogen and oxygen atoms in total. The zero-order chi connectivity index (χ0) is 17.4. The summed E-state index contributed by atoms with van der Waals surface area (Å²) in [4.78, 5) is 23.2.